The molecular formula is C52H90NO10P. The van der Waals surface area contributed by atoms with Gasteiger partial charge in [-0.05, 0) is 64.2 Å². The van der Waals surface area contributed by atoms with Crippen LogP contribution in [0.25, 0.3) is 0 Å². The van der Waals surface area contributed by atoms with E-state index < -0.39 is 44.7 Å². The Hall–Kier alpha value is -2.89. The molecule has 0 fully saturated rings. The molecule has 0 radical (unpaired) electrons. The monoisotopic (exact) mass is 920 g/mol. The summed E-state index contributed by atoms with van der Waals surface area (Å²) < 4.78 is 33.8. The predicted octanol–water partition coefficient (Wildman–Crippen LogP) is 11.7. The van der Waals surface area contributed by atoms with E-state index in [1.165, 1.54) is 83.5 Å². The zero-order chi connectivity index (χ0) is 47.4. The quantitative estimate of drug-likeness (QED) is 0.0151. The number of phosphoric acid groups is 1. The molecule has 0 spiro atoms. The standard InChI is InChI=1S/C52H90NO10P/c1-6-8-10-11-12-13-14-15-16-17-18-19-20-21-22-23-24-28-36-42-51(56)60-46-50(47-62-64(58,59)61-45-44-53(3,4)5)63-52(57)43-37-29-26-25-27-33-39-49(55)41-35-31-30-34-40-48(54)38-32-9-7-2/h9,15-16,26-27,29-35,40-41,48-50,54-55H,6-8,10-14,17-25,28,36-39,42-47H2,1-5H3/b16-15-,29-26-,31-30-,32-9-,33-27-,40-34+,41-35+/t48-,49+,50+/m0/s1. The lowest BCUT2D eigenvalue weighted by atomic mass is 10.1. The molecule has 0 aliphatic heterocycles. The summed E-state index contributed by atoms with van der Waals surface area (Å²) in [6.07, 6.45) is 48.3. The second-order valence-electron chi connectivity index (χ2n) is 17.5. The van der Waals surface area contributed by atoms with Crippen molar-refractivity contribution in [2.24, 2.45) is 0 Å². The van der Waals surface area contributed by atoms with Crippen molar-refractivity contribution in [1.82, 2.24) is 0 Å². The van der Waals surface area contributed by atoms with Gasteiger partial charge in [-0.25, -0.2) is 0 Å². The summed E-state index contributed by atoms with van der Waals surface area (Å²) in [5.41, 5.74) is 0. The number of aliphatic hydroxyl groups is 2. The van der Waals surface area contributed by atoms with Gasteiger partial charge in [-0.3, -0.25) is 14.2 Å². The van der Waals surface area contributed by atoms with E-state index in [2.05, 4.69) is 19.1 Å². The maximum atomic E-state index is 12.7. The number of carbonyl (C=O) groups is 2. The van der Waals surface area contributed by atoms with Crippen LogP contribution in [0.1, 0.15) is 168 Å². The lowest BCUT2D eigenvalue weighted by molar-refractivity contribution is -0.870. The van der Waals surface area contributed by atoms with E-state index in [1.54, 1.807) is 36.5 Å². The number of quaternary nitrogens is 1. The van der Waals surface area contributed by atoms with Gasteiger partial charge in [0.05, 0.1) is 40.0 Å². The summed E-state index contributed by atoms with van der Waals surface area (Å²) >= 11 is 0. The van der Waals surface area contributed by atoms with E-state index in [9.17, 15) is 29.3 Å². The Bertz CT molecular complexity index is 1400. The molecule has 1 unspecified atom stereocenters. The second-order valence-corrected chi connectivity index (χ2v) is 18.9. The van der Waals surface area contributed by atoms with Crippen molar-refractivity contribution in [2.45, 2.75) is 186 Å². The number of allylic oxidation sites excluding steroid dienone is 10. The van der Waals surface area contributed by atoms with Gasteiger partial charge in [-0.2, -0.15) is 0 Å². The van der Waals surface area contributed by atoms with Crippen molar-refractivity contribution in [3.63, 3.8) is 0 Å². The Labute approximate surface area is 389 Å². The normalized spacial score (nSPS) is 15.2. The van der Waals surface area contributed by atoms with Crippen LogP contribution in [0.2, 0.25) is 0 Å². The van der Waals surface area contributed by atoms with Gasteiger partial charge in [-0.1, -0.05) is 176 Å². The smallest absolute Gasteiger partial charge is 0.306 e. The van der Waals surface area contributed by atoms with Gasteiger partial charge in [0.2, 0.25) is 0 Å². The topological polar surface area (TPSA) is 152 Å². The zero-order valence-electron chi connectivity index (χ0n) is 40.7. The molecule has 0 saturated carbocycles. The number of unbranched alkanes of at least 4 members (excludes halogenated alkanes) is 15. The van der Waals surface area contributed by atoms with Crippen molar-refractivity contribution in [3.05, 3.63) is 85.1 Å². The van der Waals surface area contributed by atoms with Gasteiger partial charge < -0.3 is 38.1 Å². The van der Waals surface area contributed by atoms with E-state index in [-0.39, 0.29) is 26.1 Å². The summed E-state index contributed by atoms with van der Waals surface area (Å²) in [7, 11) is 1.04. The number of phosphoric ester groups is 1. The number of ether oxygens (including phenoxy) is 2. The average Bonchev–Trinajstić information content (AvgIpc) is 3.24. The molecule has 0 aliphatic rings. The van der Waals surface area contributed by atoms with Gasteiger partial charge in [0.25, 0.3) is 7.82 Å². The minimum absolute atomic E-state index is 0.0392. The fourth-order valence-corrected chi connectivity index (χ4v) is 6.93. The van der Waals surface area contributed by atoms with E-state index >= 15 is 0 Å². The highest BCUT2D eigenvalue weighted by Crippen LogP contribution is 2.38. The predicted molar refractivity (Wildman–Crippen MR) is 261 cm³/mol. The van der Waals surface area contributed by atoms with Crippen molar-refractivity contribution >= 4 is 19.8 Å². The van der Waals surface area contributed by atoms with E-state index in [1.807, 2.05) is 64.5 Å². The zero-order valence-corrected chi connectivity index (χ0v) is 41.6. The molecule has 368 valence electrons. The summed E-state index contributed by atoms with van der Waals surface area (Å²) in [5, 5.41) is 20.0. The van der Waals surface area contributed by atoms with Gasteiger partial charge in [-0.15, -0.1) is 0 Å². The molecule has 0 aromatic carbocycles. The SMILES string of the molecule is CC/C=C\C[C@H](O)/C=C/C=C\C=C\[C@H](O)C/C=C\C/C=C\CCC(=O)O[C@H](COC(=O)CCCCCCCCCCC/C=C\CCCCCCCC)COP(=O)([O-])OCC[N+](C)(C)C. The number of esters is 2. The first kappa shape index (κ1) is 61.1. The Morgan fingerprint density at radius 1 is 0.594 bits per heavy atom. The third-order valence-corrected chi connectivity index (χ3v) is 11.0. The molecule has 12 heteroatoms. The lowest BCUT2D eigenvalue weighted by Gasteiger charge is -2.28. The molecule has 2 N–H and O–H groups in total. The molecule has 0 aliphatic carbocycles. The Kier molecular flexibility index (Phi) is 40.8. The van der Waals surface area contributed by atoms with Crippen LogP contribution < -0.4 is 4.89 Å². The van der Waals surface area contributed by atoms with Crippen LogP contribution in [-0.2, 0) is 32.7 Å². The summed E-state index contributed by atoms with van der Waals surface area (Å²) in [6.45, 7) is 3.82. The van der Waals surface area contributed by atoms with Gasteiger partial charge in [0.15, 0.2) is 6.10 Å². The fourth-order valence-electron chi connectivity index (χ4n) is 6.20. The van der Waals surface area contributed by atoms with Crippen LogP contribution in [0.3, 0.4) is 0 Å². The lowest BCUT2D eigenvalue weighted by Crippen LogP contribution is -2.37. The first-order chi connectivity index (χ1) is 30.8. The number of rotatable bonds is 43. The molecule has 0 heterocycles. The largest absolute Gasteiger partial charge is 0.756 e. The van der Waals surface area contributed by atoms with E-state index in [4.69, 9.17) is 18.5 Å². The summed E-state index contributed by atoms with van der Waals surface area (Å²) in [4.78, 5) is 37.6. The Morgan fingerprint density at radius 2 is 1.11 bits per heavy atom. The van der Waals surface area contributed by atoms with Crippen LogP contribution >= 0.6 is 7.82 Å². The van der Waals surface area contributed by atoms with Gasteiger partial charge in [0, 0.05) is 12.8 Å². The van der Waals surface area contributed by atoms with Crippen molar-refractivity contribution < 1.29 is 52.3 Å². The van der Waals surface area contributed by atoms with Crippen molar-refractivity contribution in [1.29, 1.82) is 0 Å². The Morgan fingerprint density at radius 3 is 1.67 bits per heavy atom. The minimum atomic E-state index is -4.68. The third kappa shape index (κ3) is 45.7. The maximum Gasteiger partial charge on any atom is 0.306 e. The molecule has 4 atom stereocenters. The van der Waals surface area contributed by atoms with E-state index in [0.717, 1.165) is 25.7 Å². The van der Waals surface area contributed by atoms with Gasteiger partial charge in [0.1, 0.15) is 19.8 Å². The molecule has 0 bridgehead atoms. The van der Waals surface area contributed by atoms with Crippen molar-refractivity contribution in [3.8, 4) is 0 Å². The average molecular weight is 920 g/mol. The summed E-state index contributed by atoms with van der Waals surface area (Å²) in [6, 6.07) is 0. The van der Waals surface area contributed by atoms with E-state index in [0.29, 0.717) is 43.1 Å². The maximum absolute atomic E-state index is 12.7. The summed E-state index contributed by atoms with van der Waals surface area (Å²) in [5.74, 6) is -1.01. The number of aliphatic hydroxyl groups excluding tert-OH is 2. The molecule has 0 rings (SSSR count). The molecule has 0 aromatic rings. The fraction of sp³-hybridized carbons (Fsp3) is 0.692. The van der Waals surface area contributed by atoms with Gasteiger partial charge >= 0.3 is 11.9 Å². The van der Waals surface area contributed by atoms with Crippen LogP contribution in [-0.4, -0.2) is 92.5 Å². The molecular weight excluding hydrogens is 830 g/mol. The van der Waals surface area contributed by atoms with Crippen LogP contribution in [0, 0.1) is 0 Å². The van der Waals surface area contributed by atoms with Crippen molar-refractivity contribution in [2.75, 3.05) is 47.5 Å². The van der Waals surface area contributed by atoms with Crippen LogP contribution in [0.4, 0.5) is 0 Å². The first-order valence-corrected chi connectivity index (χ1v) is 26.0. The minimum Gasteiger partial charge on any atom is -0.756 e. The number of hydrogen-bond donors (Lipinski definition) is 2. The highest BCUT2D eigenvalue weighted by atomic mass is 31.2. The molecule has 64 heavy (non-hydrogen) atoms. The van der Waals surface area contributed by atoms with Crippen LogP contribution in [0.15, 0.2) is 85.1 Å². The number of likely N-dealkylation sites (N-methyl/N-ethyl adjacent to an activating group) is 1. The molecule has 0 aromatic heterocycles. The third-order valence-electron chi connectivity index (χ3n) is 10.1. The molecule has 11 nitrogen and oxygen atoms in total. The number of carbonyl (C=O) groups excluding carboxylic acids is 2. The number of nitrogens with zero attached hydrogens (tertiary/aromatic N) is 1. The highest BCUT2D eigenvalue weighted by molar-refractivity contribution is 7.45. The molecule has 0 saturated heterocycles. The molecule has 0 amide bonds. The second kappa shape index (κ2) is 42.7. The van der Waals surface area contributed by atoms with Crippen LogP contribution in [0.5, 0.6) is 0 Å². The number of hydrogen-bond acceptors (Lipinski definition) is 10. The Balaban J connectivity index is 4.52. The first-order valence-electron chi connectivity index (χ1n) is 24.5. The highest BCUT2D eigenvalue weighted by Gasteiger charge is 2.21.